The van der Waals surface area contributed by atoms with E-state index in [1.165, 1.54) is 12.8 Å². The summed E-state index contributed by atoms with van der Waals surface area (Å²) >= 11 is 0. The minimum Gasteiger partial charge on any atom is -0.481 e. The zero-order chi connectivity index (χ0) is 20.8. The van der Waals surface area contributed by atoms with Gasteiger partial charge in [-0.1, -0.05) is 64.2 Å². The predicted octanol–water partition coefficient (Wildman–Crippen LogP) is 5.25. The van der Waals surface area contributed by atoms with Gasteiger partial charge in [0.2, 0.25) is 0 Å². The molecule has 2 unspecified atom stereocenters. The van der Waals surface area contributed by atoms with Crippen LogP contribution in [0.5, 0.6) is 0 Å². The molecule has 0 amide bonds. The van der Waals surface area contributed by atoms with Crippen molar-refractivity contribution in [3.05, 3.63) is 0 Å². The Bertz CT molecular complexity index is 475. The molecule has 2 rings (SSSR count). The van der Waals surface area contributed by atoms with E-state index < -0.39 is 28.9 Å². The second-order valence-corrected chi connectivity index (χ2v) is 10.2. The molecule has 0 spiro atoms. The molecule has 2 saturated carbocycles. The van der Waals surface area contributed by atoms with E-state index in [0.29, 0.717) is 24.7 Å². The highest BCUT2D eigenvalue weighted by molar-refractivity contribution is 5.75. The van der Waals surface area contributed by atoms with Crippen molar-refractivity contribution in [3.8, 4) is 0 Å². The van der Waals surface area contributed by atoms with Crippen LogP contribution in [0.3, 0.4) is 0 Å². The fourth-order valence-electron chi connectivity index (χ4n) is 5.68. The number of aliphatic hydroxyl groups is 1. The minimum atomic E-state index is -0.994. The zero-order valence-electron chi connectivity index (χ0n) is 17.8. The summed E-state index contributed by atoms with van der Waals surface area (Å²) in [6.07, 6.45) is 11.8. The first kappa shape index (κ1) is 23.2. The molecular formula is C23H40O5. The Kier molecular flexibility index (Phi) is 8.35. The van der Waals surface area contributed by atoms with Crippen LogP contribution in [0.15, 0.2) is 0 Å². The molecule has 0 aromatic heterocycles. The van der Waals surface area contributed by atoms with Crippen LogP contribution in [0.25, 0.3) is 0 Å². The van der Waals surface area contributed by atoms with E-state index in [1.54, 1.807) is 13.8 Å². The molecule has 0 radical (unpaired) electrons. The molecule has 2 fully saturated rings. The highest BCUT2D eigenvalue weighted by atomic mass is 16.4. The molecule has 162 valence electrons. The van der Waals surface area contributed by atoms with E-state index in [1.807, 2.05) is 0 Å². The Morgan fingerprint density at radius 2 is 1.07 bits per heavy atom. The van der Waals surface area contributed by atoms with Crippen molar-refractivity contribution in [2.45, 2.75) is 110 Å². The molecule has 2 aliphatic carbocycles. The number of aliphatic carboxylic acids is 2. The first-order valence-corrected chi connectivity index (χ1v) is 11.3. The summed E-state index contributed by atoms with van der Waals surface area (Å²) in [7, 11) is 0. The first-order valence-electron chi connectivity index (χ1n) is 11.3. The standard InChI is InChI=1S/C23H40O5/c1-22(20(25)26,13-17-9-5-3-6-10-17)15-19(24)16-23(2,21(27)28)14-18-11-7-4-8-12-18/h17-19,24H,3-16H2,1-2H3,(H,25,26)(H,27,28). The summed E-state index contributed by atoms with van der Waals surface area (Å²) in [4.78, 5) is 24.0. The molecule has 2 atom stereocenters. The van der Waals surface area contributed by atoms with Gasteiger partial charge < -0.3 is 15.3 Å². The molecular weight excluding hydrogens is 356 g/mol. The molecule has 5 heteroatoms. The van der Waals surface area contributed by atoms with E-state index in [9.17, 15) is 24.9 Å². The summed E-state index contributed by atoms with van der Waals surface area (Å²) in [5.41, 5.74) is -1.99. The van der Waals surface area contributed by atoms with E-state index in [-0.39, 0.29) is 12.8 Å². The van der Waals surface area contributed by atoms with Crippen LogP contribution < -0.4 is 0 Å². The third kappa shape index (κ3) is 6.47. The summed E-state index contributed by atoms with van der Waals surface area (Å²) in [5, 5.41) is 30.5. The van der Waals surface area contributed by atoms with Crippen molar-refractivity contribution >= 4 is 11.9 Å². The van der Waals surface area contributed by atoms with Gasteiger partial charge in [-0.2, -0.15) is 0 Å². The largest absolute Gasteiger partial charge is 0.481 e. The van der Waals surface area contributed by atoms with E-state index in [0.717, 1.165) is 51.4 Å². The lowest BCUT2D eigenvalue weighted by Crippen LogP contribution is -2.39. The monoisotopic (exact) mass is 396 g/mol. The van der Waals surface area contributed by atoms with Crippen LogP contribution in [-0.2, 0) is 9.59 Å². The quantitative estimate of drug-likeness (QED) is 0.469. The normalized spacial score (nSPS) is 24.8. The van der Waals surface area contributed by atoms with Crippen molar-refractivity contribution in [1.29, 1.82) is 0 Å². The zero-order valence-corrected chi connectivity index (χ0v) is 17.8. The maximum atomic E-state index is 12.0. The SMILES string of the molecule is CC(CC(O)CC(C)(CC1CCCCC1)C(=O)O)(CC1CCCCC1)C(=O)O. The van der Waals surface area contributed by atoms with Crippen LogP contribution in [0.4, 0.5) is 0 Å². The maximum absolute atomic E-state index is 12.0. The molecule has 0 aromatic rings. The van der Waals surface area contributed by atoms with Gasteiger partial charge in [0.25, 0.3) is 0 Å². The first-order chi connectivity index (χ1) is 13.1. The number of carboxylic acids is 2. The van der Waals surface area contributed by atoms with Crippen molar-refractivity contribution in [2.24, 2.45) is 22.7 Å². The van der Waals surface area contributed by atoms with E-state index >= 15 is 0 Å². The van der Waals surface area contributed by atoms with Crippen molar-refractivity contribution < 1.29 is 24.9 Å². The lowest BCUT2D eigenvalue weighted by atomic mass is 9.69. The minimum absolute atomic E-state index is 0.131. The van der Waals surface area contributed by atoms with Crippen molar-refractivity contribution in [2.75, 3.05) is 0 Å². The third-order valence-electron chi connectivity index (χ3n) is 7.33. The number of carboxylic acid groups (broad SMARTS) is 2. The summed E-state index contributed by atoms with van der Waals surface area (Å²) in [6.45, 7) is 3.46. The molecule has 0 aliphatic heterocycles. The number of hydrogen-bond donors (Lipinski definition) is 3. The molecule has 0 heterocycles. The van der Waals surface area contributed by atoms with Crippen molar-refractivity contribution in [1.82, 2.24) is 0 Å². The number of aliphatic hydroxyl groups excluding tert-OH is 1. The highest BCUT2D eigenvalue weighted by Crippen LogP contribution is 2.42. The highest BCUT2D eigenvalue weighted by Gasteiger charge is 2.42. The second kappa shape index (κ2) is 10.1. The number of carbonyl (C=O) groups is 2. The van der Waals surface area contributed by atoms with Gasteiger partial charge in [-0.3, -0.25) is 9.59 Å². The topological polar surface area (TPSA) is 94.8 Å². The second-order valence-electron chi connectivity index (χ2n) is 10.2. The van der Waals surface area contributed by atoms with Gasteiger partial charge in [-0.15, -0.1) is 0 Å². The van der Waals surface area contributed by atoms with Crippen LogP contribution in [0, 0.1) is 22.7 Å². The average molecular weight is 397 g/mol. The number of rotatable bonds is 10. The van der Waals surface area contributed by atoms with Gasteiger partial charge in [0.1, 0.15) is 0 Å². The van der Waals surface area contributed by atoms with Crippen LogP contribution in [0.1, 0.15) is 104 Å². The van der Waals surface area contributed by atoms with Crippen molar-refractivity contribution in [3.63, 3.8) is 0 Å². The lowest BCUT2D eigenvalue weighted by Gasteiger charge is -2.36. The van der Waals surface area contributed by atoms with Crippen LogP contribution >= 0.6 is 0 Å². The summed E-state index contributed by atoms with van der Waals surface area (Å²) < 4.78 is 0. The molecule has 0 bridgehead atoms. The third-order valence-corrected chi connectivity index (χ3v) is 7.33. The molecule has 5 nitrogen and oxygen atoms in total. The van der Waals surface area contributed by atoms with Gasteiger partial charge >= 0.3 is 11.9 Å². The molecule has 0 saturated heterocycles. The smallest absolute Gasteiger partial charge is 0.309 e. The van der Waals surface area contributed by atoms with Gasteiger partial charge in [-0.05, 0) is 51.4 Å². The Labute approximate surface area is 169 Å². The fraction of sp³-hybridized carbons (Fsp3) is 0.913. The Balaban J connectivity index is 2.00. The molecule has 2 aliphatic rings. The predicted molar refractivity (Wildman–Crippen MR) is 109 cm³/mol. The van der Waals surface area contributed by atoms with Crippen LogP contribution in [0.2, 0.25) is 0 Å². The Hall–Kier alpha value is -1.10. The maximum Gasteiger partial charge on any atom is 0.309 e. The van der Waals surface area contributed by atoms with Gasteiger partial charge in [-0.25, -0.2) is 0 Å². The number of hydrogen-bond acceptors (Lipinski definition) is 3. The molecule has 28 heavy (non-hydrogen) atoms. The molecule has 0 aromatic carbocycles. The summed E-state index contributed by atoms with van der Waals surface area (Å²) in [6, 6.07) is 0. The fourth-order valence-corrected chi connectivity index (χ4v) is 5.68. The van der Waals surface area contributed by atoms with Gasteiger partial charge in [0, 0.05) is 0 Å². The van der Waals surface area contributed by atoms with Gasteiger partial charge in [0.05, 0.1) is 16.9 Å². The average Bonchev–Trinajstić information content (AvgIpc) is 2.62. The van der Waals surface area contributed by atoms with Crippen LogP contribution in [-0.4, -0.2) is 33.4 Å². The summed E-state index contributed by atoms with van der Waals surface area (Å²) in [5.74, 6) is -0.951. The lowest BCUT2D eigenvalue weighted by molar-refractivity contribution is -0.154. The molecule has 3 N–H and O–H groups in total. The van der Waals surface area contributed by atoms with E-state index in [4.69, 9.17) is 0 Å². The van der Waals surface area contributed by atoms with Gasteiger partial charge in [0.15, 0.2) is 0 Å². The Morgan fingerprint density at radius 1 is 0.750 bits per heavy atom. The Morgan fingerprint density at radius 3 is 1.36 bits per heavy atom. The van der Waals surface area contributed by atoms with E-state index in [2.05, 4.69) is 0 Å².